The second kappa shape index (κ2) is 11.9. The van der Waals surface area contributed by atoms with Crippen LogP contribution in [0.15, 0.2) is 34.9 Å². The van der Waals surface area contributed by atoms with Crippen LogP contribution in [0.3, 0.4) is 0 Å². The van der Waals surface area contributed by atoms with Crippen molar-refractivity contribution in [3.05, 3.63) is 40.5 Å². The number of nitrogens with zero attached hydrogens (tertiary/aromatic N) is 2. The summed E-state index contributed by atoms with van der Waals surface area (Å²) in [5.74, 6) is 0.348. The summed E-state index contributed by atoms with van der Waals surface area (Å²) < 4.78 is 11.7. The highest BCUT2D eigenvalue weighted by molar-refractivity contribution is 6.19. The van der Waals surface area contributed by atoms with E-state index in [0.29, 0.717) is 35.9 Å². The van der Waals surface area contributed by atoms with E-state index in [4.69, 9.17) is 9.47 Å². The number of nitriles is 1. The van der Waals surface area contributed by atoms with E-state index in [1.54, 1.807) is 19.9 Å². The van der Waals surface area contributed by atoms with Gasteiger partial charge in [-0.3, -0.25) is 14.5 Å². The van der Waals surface area contributed by atoms with Crippen LogP contribution in [-0.2, 0) is 9.59 Å². The Bertz CT molecular complexity index is 909. The largest absolute Gasteiger partial charge is 0.490 e. The van der Waals surface area contributed by atoms with E-state index in [1.165, 1.54) is 19.3 Å². The van der Waals surface area contributed by atoms with E-state index in [1.807, 2.05) is 31.2 Å². The molecule has 0 aromatic heterocycles. The first-order valence-corrected chi connectivity index (χ1v) is 11.1. The highest BCUT2D eigenvalue weighted by Gasteiger charge is 2.34. The number of hydrogen-bond donors (Lipinski definition) is 0. The molecule has 0 radical (unpaired) electrons. The fourth-order valence-corrected chi connectivity index (χ4v) is 3.47. The first kappa shape index (κ1) is 24.2. The molecule has 31 heavy (non-hydrogen) atoms. The standard InChI is InChI=1S/C25H32N2O4/c1-5-8-9-10-11-14-31-22-13-12-19(16-23(22)30-7-3)15-20-18(4)21(17-26)25(29)27(6-2)24(20)28/h12-13,15-16H,5-11,14H2,1-4H3/b20-15+. The van der Waals surface area contributed by atoms with Gasteiger partial charge in [0.05, 0.1) is 13.2 Å². The summed E-state index contributed by atoms with van der Waals surface area (Å²) in [6.45, 7) is 8.77. The zero-order valence-corrected chi connectivity index (χ0v) is 19.0. The molecule has 1 aromatic carbocycles. The number of benzene rings is 1. The molecule has 0 N–H and O–H groups in total. The molecule has 0 spiro atoms. The van der Waals surface area contributed by atoms with Gasteiger partial charge in [0.1, 0.15) is 11.6 Å². The number of amides is 2. The monoisotopic (exact) mass is 424 g/mol. The molecular formula is C25H32N2O4. The zero-order valence-electron chi connectivity index (χ0n) is 19.0. The molecule has 2 amide bonds. The minimum atomic E-state index is -0.540. The zero-order chi connectivity index (χ0) is 22.8. The van der Waals surface area contributed by atoms with Gasteiger partial charge in [-0.2, -0.15) is 5.26 Å². The lowest BCUT2D eigenvalue weighted by molar-refractivity contribution is -0.140. The summed E-state index contributed by atoms with van der Waals surface area (Å²) in [5, 5.41) is 9.39. The highest BCUT2D eigenvalue weighted by atomic mass is 16.5. The van der Waals surface area contributed by atoms with Crippen LogP contribution in [0.2, 0.25) is 0 Å². The van der Waals surface area contributed by atoms with E-state index < -0.39 is 11.8 Å². The maximum Gasteiger partial charge on any atom is 0.271 e. The van der Waals surface area contributed by atoms with Gasteiger partial charge in [-0.05, 0) is 56.5 Å². The van der Waals surface area contributed by atoms with Crippen molar-refractivity contribution in [3.63, 3.8) is 0 Å². The van der Waals surface area contributed by atoms with Gasteiger partial charge in [0.25, 0.3) is 11.8 Å². The minimum absolute atomic E-state index is 0.000702. The molecule has 1 aromatic rings. The Balaban J connectivity index is 2.27. The number of unbranched alkanes of at least 4 members (excludes halogenated alkanes) is 4. The third-order valence-electron chi connectivity index (χ3n) is 5.23. The summed E-state index contributed by atoms with van der Waals surface area (Å²) in [4.78, 5) is 26.2. The first-order chi connectivity index (χ1) is 15.0. The van der Waals surface area contributed by atoms with E-state index >= 15 is 0 Å². The summed E-state index contributed by atoms with van der Waals surface area (Å²) >= 11 is 0. The molecular weight excluding hydrogens is 392 g/mol. The second-order valence-corrected chi connectivity index (χ2v) is 7.43. The Morgan fingerprint density at radius 3 is 2.39 bits per heavy atom. The third-order valence-corrected chi connectivity index (χ3v) is 5.23. The van der Waals surface area contributed by atoms with Gasteiger partial charge < -0.3 is 9.47 Å². The van der Waals surface area contributed by atoms with Crippen LogP contribution >= 0.6 is 0 Å². The number of carbonyl (C=O) groups excluding carboxylic acids is 2. The van der Waals surface area contributed by atoms with Crippen LogP contribution in [0, 0.1) is 11.3 Å². The van der Waals surface area contributed by atoms with Crippen molar-refractivity contribution in [2.45, 2.75) is 59.8 Å². The molecule has 0 aliphatic carbocycles. The van der Waals surface area contributed by atoms with Crippen LogP contribution in [-0.4, -0.2) is 36.5 Å². The third kappa shape index (κ3) is 5.97. The molecule has 6 nitrogen and oxygen atoms in total. The van der Waals surface area contributed by atoms with Crippen LogP contribution in [0.4, 0.5) is 0 Å². The number of rotatable bonds is 11. The Morgan fingerprint density at radius 1 is 1.00 bits per heavy atom. The average Bonchev–Trinajstić information content (AvgIpc) is 2.75. The summed E-state index contributed by atoms with van der Waals surface area (Å²) in [6, 6.07) is 7.44. The van der Waals surface area contributed by atoms with Crippen molar-refractivity contribution in [3.8, 4) is 17.6 Å². The maximum absolute atomic E-state index is 12.8. The molecule has 0 atom stereocenters. The summed E-state index contributed by atoms with van der Waals surface area (Å²) in [6.07, 6.45) is 7.50. The molecule has 6 heteroatoms. The van der Waals surface area contributed by atoms with Crippen LogP contribution < -0.4 is 9.47 Å². The number of hydrogen-bond acceptors (Lipinski definition) is 5. The van der Waals surface area contributed by atoms with Crippen molar-refractivity contribution in [1.82, 2.24) is 4.90 Å². The second-order valence-electron chi connectivity index (χ2n) is 7.43. The predicted octanol–water partition coefficient (Wildman–Crippen LogP) is 5.05. The minimum Gasteiger partial charge on any atom is -0.490 e. The molecule has 2 rings (SSSR count). The van der Waals surface area contributed by atoms with Crippen molar-refractivity contribution in [2.75, 3.05) is 19.8 Å². The van der Waals surface area contributed by atoms with Gasteiger partial charge in [-0.25, -0.2) is 0 Å². The number of likely N-dealkylation sites (N-methyl/N-ethyl adjacent to an activating group) is 1. The van der Waals surface area contributed by atoms with E-state index in [2.05, 4.69) is 6.92 Å². The van der Waals surface area contributed by atoms with Crippen molar-refractivity contribution in [1.29, 1.82) is 5.26 Å². The summed E-state index contributed by atoms with van der Waals surface area (Å²) in [5.41, 5.74) is 1.47. The topological polar surface area (TPSA) is 79.6 Å². The Morgan fingerprint density at radius 2 is 1.74 bits per heavy atom. The van der Waals surface area contributed by atoms with Gasteiger partial charge in [0, 0.05) is 12.1 Å². The Kier molecular flexibility index (Phi) is 9.33. The molecule has 1 aliphatic rings. The van der Waals surface area contributed by atoms with Crippen LogP contribution in [0.5, 0.6) is 11.5 Å². The first-order valence-electron chi connectivity index (χ1n) is 11.1. The number of ether oxygens (including phenoxy) is 2. The number of carbonyl (C=O) groups is 2. The smallest absolute Gasteiger partial charge is 0.271 e. The van der Waals surface area contributed by atoms with Gasteiger partial charge in [-0.1, -0.05) is 38.7 Å². The van der Waals surface area contributed by atoms with Crippen molar-refractivity contribution >= 4 is 17.9 Å². The molecule has 0 unspecified atom stereocenters. The maximum atomic E-state index is 12.8. The Labute approximate surface area is 185 Å². The molecule has 166 valence electrons. The lowest BCUT2D eigenvalue weighted by Gasteiger charge is -2.26. The normalized spacial score (nSPS) is 15.5. The van der Waals surface area contributed by atoms with Crippen molar-refractivity contribution in [2.24, 2.45) is 0 Å². The predicted molar refractivity (Wildman–Crippen MR) is 121 cm³/mol. The van der Waals surface area contributed by atoms with Crippen LogP contribution in [0.25, 0.3) is 6.08 Å². The SMILES string of the molecule is CCCCCCCOc1ccc(/C=C2/C(=O)N(CC)C(=O)C(C#N)=C2C)cc1OCC. The van der Waals surface area contributed by atoms with Gasteiger partial charge in [-0.15, -0.1) is 0 Å². The summed E-state index contributed by atoms with van der Waals surface area (Å²) in [7, 11) is 0. The van der Waals surface area contributed by atoms with Gasteiger partial charge in [0.15, 0.2) is 11.5 Å². The Hall–Kier alpha value is -3.07. The lowest BCUT2D eigenvalue weighted by atomic mass is 9.93. The van der Waals surface area contributed by atoms with E-state index in [9.17, 15) is 14.9 Å². The fourth-order valence-electron chi connectivity index (χ4n) is 3.47. The van der Waals surface area contributed by atoms with E-state index in [-0.39, 0.29) is 12.1 Å². The fraction of sp³-hybridized carbons (Fsp3) is 0.480. The highest BCUT2D eigenvalue weighted by Crippen LogP contribution is 2.32. The molecule has 1 aliphatic heterocycles. The molecule has 0 saturated carbocycles. The van der Waals surface area contributed by atoms with Gasteiger partial charge >= 0.3 is 0 Å². The van der Waals surface area contributed by atoms with Crippen LogP contribution in [0.1, 0.15) is 65.4 Å². The quantitative estimate of drug-likeness (QED) is 0.282. The molecule has 1 heterocycles. The molecule has 0 saturated heterocycles. The average molecular weight is 425 g/mol. The lowest BCUT2D eigenvalue weighted by Crippen LogP contribution is -2.42. The van der Waals surface area contributed by atoms with E-state index in [0.717, 1.165) is 23.3 Å². The number of imide groups is 1. The molecule has 0 bridgehead atoms. The van der Waals surface area contributed by atoms with Crippen molar-refractivity contribution < 1.29 is 19.1 Å². The molecule has 0 fully saturated rings. The van der Waals surface area contributed by atoms with Gasteiger partial charge in [0.2, 0.25) is 0 Å².